The van der Waals surface area contributed by atoms with Crippen LogP contribution >= 0.6 is 11.6 Å². The van der Waals surface area contributed by atoms with Gasteiger partial charge in [0.15, 0.2) is 0 Å². The summed E-state index contributed by atoms with van der Waals surface area (Å²) in [6.07, 6.45) is 3.47. The van der Waals surface area contributed by atoms with E-state index in [4.69, 9.17) is 16.7 Å². The van der Waals surface area contributed by atoms with Crippen LogP contribution in [0.25, 0.3) is 16.9 Å². The van der Waals surface area contributed by atoms with Gasteiger partial charge in [0.2, 0.25) is 0 Å². The third-order valence-electron chi connectivity index (χ3n) is 4.29. The van der Waals surface area contributed by atoms with E-state index in [2.05, 4.69) is 10.5 Å². The molecule has 0 radical (unpaired) electrons. The van der Waals surface area contributed by atoms with Crippen molar-refractivity contribution < 1.29 is 4.79 Å². The fourth-order valence-electron chi connectivity index (χ4n) is 2.84. The minimum absolute atomic E-state index is 0.273. The van der Waals surface area contributed by atoms with Gasteiger partial charge < -0.3 is 0 Å². The summed E-state index contributed by atoms with van der Waals surface area (Å²) in [6, 6.07) is 26.2. The van der Waals surface area contributed by atoms with Crippen molar-refractivity contribution >= 4 is 23.7 Å². The molecule has 3 aromatic carbocycles. The van der Waals surface area contributed by atoms with Crippen molar-refractivity contribution in [2.24, 2.45) is 5.10 Å². The lowest BCUT2D eigenvalue weighted by molar-refractivity contribution is 0.0955. The number of nitrogens with zero attached hydrogens (tertiary/aromatic N) is 3. The summed E-state index contributed by atoms with van der Waals surface area (Å²) in [6.45, 7) is 0. The number of carbonyl (C=O) groups is 1. The zero-order valence-electron chi connectivity index (χ0n) is 15.4. The highest BCUT2D eigenvalue weighted by Crippen LogP contribution is 2.24. The number of rotatable bonds is 5. The number of hydrogen-bond acceptors (Lipinski definition) is 3. The molecule has 1 aromatic heterocycles. The summed E-state index contributed by atoms with van der Waals surface area (Å²) in [5, 5.41) is 9.48. The molecule has 0 fully saturated rings. The van der Waals surface area contributed by atoms with Crippen LogP contribution in [0.5, 0.6) is 0 Å². The van der Waals surface area contributed by atoms with Crippen LogP contribution < -0.4 is 5.43 Å². The molecule has 0 aliphatic carbocycles. The molecule has 1 N–H and O–H groups in total. The Labute approximate surface area is 173 Å². The first-order valence-electron chi connectivity index (χ1n) is 9.00. The second-order valence-electron chi connectivity index (χ2n) is 6.29. The smallest absolute Gasteiger partial charge is 0.267 e. The van der Waals surface area contributed by atoms with Gasteiger partial charge in [0, 0.05) is 27.9 Å². The van der Waals surface area contributed by atoms with Crippen molar-refractivity contribution in [1.29, 1.82) is 0 Å². The maximum atomic E-state index is 12.2. The molecule has 0 saturated carbocycles. The number of aromatic nitrogens is 2. The van der Waals surface area contributed by atoms with Crippen molar-refractivity contribution in [2.45, 2.75) is 0 Å². The van der Waals surface area contributed by atoms with E-state index in [1.54, 1.807) is 35.2 Å². The molecule has 0 spiro atoms. The second kappa shape index (κ2) is 8.54. The van der Waals surface area contributed by atoms with Crippen LogP contribution in [-0.4, -0.2) is 21.9 Å². The van der Waals surface area contributed by atoms with Gasteiger partial charge in [0.1, 0.15) is 5.69 Å². The molecule has 0 saturated heterocycles. The van der Waals surface area contributed by atoms with Crippen LogP contribution in [0.4, 0.5) is 0 Å². The zero-order valence-corrected chi connectivity index (χ0v) is 16.1. The van der Waals surface area contributed by atoms with Crippen molar-refractivity contribution in [3.05, 3.63) is 107 Å². The number of halogens is 1. The van der Waals surface area contributed by atoms with Gasteiger partial charge in [-0.1, -0.05) is 60.1 Å². The number of hydrazone groups is 1. The van der Waals surface area contributed by atoms with Crippen LogP contribution in [0.15, 0.2) is 96.2 Å². The predicted molar refractivity (Wildman–Crippen MR) is 116 cm³/mol. The molecule has 0 atom stereocenters. The Morgan fingerprint density at radius 2 is 1.59 bits per heavy atom. The van der Waals surface area contributed by atoms with Gasteiger partial charge in [0.05, 0.1) is 11.9 Å². The van der Waals surface area contributed by atoms with Gasteiger partial charge in [-0.15, -0.1) is 0 Å². The normalized spacial score (nSPS) is 10.9. The quantitative estimate of drug-likeness (QED) is 0.380. The van der Waals surface area contributed by atoms with Gasteiger partial charge in [-0.2, -0.15) is 10.2 Å². The predicted octanol–water partition coefficient (Wildman–Crippen LogP) is 4.96. The van der Waals surface area contributed by atoms with E-state index < -0.39 is 0 Å². The van der Waals surface area contributed by atoms with E-state index in [9.17, 15) is 4.79 Å². The third kappa shape index (κ3) is 4.42. The van der Waals surface area contributed by atoms with Gasteiger partial charge in [-0.05, 0) is 36.4 Å². The van der Waals surface area contributed by atoms with E-state index in [0.29, 0.717) is 10.6 Å². The fraction of sp³-hybridized carbons (Fsp3) is 0. The maximum absolute atomic E-state index is 12.2. The summed E-state index contributed by atoms with van der Waals surface area (Å²) in [7, 11) is 0. The van der Waals surface area contributed by atoms with Crippen molar-refractivity contribution in [1.82, 2.24) is 15.2 Å². The third-order valence-corrected chi connectivity index (χ3v) is 4.54. The number of nitrogens with one attached hydrogen (secondary N) is 1. The topological polar surface area (TPSA) is 59.3 Å². The van der Waals surface area contributed by atoms with Crippen LogP contribution in [0, 0.1) is 0 Å². The van der Waals surface area contributed by atoms with Gasteiger partial charge in [-0.3, -0.25) is 4.79 Å². The zero-order chi connectivity index (χ0) is 20.1. The van der Waals surface area contributed by atoms with Crippen LogP contribution in [-0.2, 0) is 0 Å². The molecule has 0 unspecified atom stereocenters. The van der Waals surface area contributed by atoms with Crippen LogP contribution in [0.1, 0.15) is 15.9 Å². The summed E-state index contributed by atoms with van der Waals surface area (Å²) in [5.74, 6) is -0.273. The molecule has 0 bridgehead atoms. The Hall–Kier alpha value is -3.70. The number of benzene rings is 3. The second-order valence-corrected chi connectivity index (χ2v) is 6.72. The highest BCUT2D eigenvalue weighted by molar-refractivity contribution is 6.30. The van der Waals surface area contributed by atoms with E-state index in [-0.39, 0.29) is 5.91 Å². The highest BCUT2D eigenvalue weighted by Gasteiger charge is 2.11. The number of hydrogen-bond donors (Lipinski definition) is 1. The maximum Gasteiger partial charge on any atom is 0.271 e. The molecule has 6 heteroatoms. The molecular formula is C23H17ClN4O. The minimum Gasteiger partial charge on any atom is -0.267 e. The summed E-state index contributed by atoms with van der Waals surface area (Å²) >= 11 is 6.02. The number of carbonyl (C=O) groups excluding carboxylic acids is 1. The molecule has 5 nitrogen and oxygen atoms in total. The van der Waals surface area contributed by atoms with E-state index in [0.717, 1.165) is 22.5 Å². The van der Waals surface area contributed by atoms with Gasteiger partial charge in [0.25, 0.3) is 5.91 Å². The monoisotopic (exact) mass is 400 g/mol. The highest BCUT2D eigenvalue weighted by atomic mass is 35.5. The van der Waals surface area contributed by atoms with Gasteiger partial charge in [-0.25, -0.2) is 10.1 Å². The number of para-hydroxylation sites is 1. The Balaban J connectivity index is 1.64. The van der Waals surface area contributed by atoms with Crippen LogP contribution in [0.2, 0.25) is 5.02 Å². The minimum atomic E-state index is -0.273. The summed E-state index contributed by atoms with van der Waals surface area (Å²) in [4.78, 5) is 12.2. The summed E-state index contributed by atoms with van der Waals surface area (Å²) < 4.78 is 1.78. The summed E-state index contributed by atoms with van der Waals surface area (Å²) in [5.41, 5.74) is 6.44. The first-order valence-corrected chi connectivity index (χ1v) is 9.38. The Kier molecular flexibility index (Phi) is 5.49. The van der Waals surface area contributed by atoms with E-state index in [1.165, 1.54) is 0 Å². The van der Waals surface area contributed by atoms with Crippen molar-refractivity contribution in [3.63, 3.8) is 0 Å². The average Bonchev–Trinajstić information content (AvgIpc) is 3.19. The van der Waals surface area contributed by atoms with Crippen LogP contribution in [0.3, 0.4) is 0 Å². The Morgan fingerprint density at radius 1 is 0.931 bits per heavy atom. The molecule has 4 rings (SSSR count). The molecule has 4 aromatic rings. The van der Waals surface area contributed by atoms with Gasteiger partial charge >= 0.3 is 0 Å². The van der Waals surface area contributed by atoms with Crippen molar-refractivity contribution in [3.8, 4) is 16.9 Å². The Bertz CT molecular complexity index is 1140. The average molecular weight is 401 g/mol. The SMILES string of the molecule is O=C(N/N=C\c1cn(-c2ccccc2)nc1-c1ccc(Cl)cc1)c1ccccc1. The fourth-order valence-corrected chi connectivity index (χ4v) is 2.97. The first kappa shape index (κ1) is 18.7. The lowest BCUT2D eigenvalue weighted by atomic mass is 10.1. The molecule has 142 valence electrons. The molecular weight excluding hydrogens is 384 g/mol. The lowest BCUT2D eigenvalue weighted by Crippen LogP contribution is -2.17. The molecule has 0 aliphatic heterocycles. The molecule has 0 aliphatic rings. The Morgan fingerprint density at radius 3 is 2.28 bits per heavy atom. The van der Waals surface area contributed by atoms with E-state index >= 15 is 0 Å². The molecule has 1 amide bonds. The first-order chi connectivity index (χ1) is 14.2. The molecule has 1 heterocycles. The van der Waals surface area contributed by atoms with E-state index in [1.807, 2.05) is 66.9 Å². The molecule has 29 heavy (non-hydrogen) atoms. The van der Waals surface area contributed by atoms with Crippen molar-refractivity contribution in [2.75, 3.05) is 0 Å². The number of amides is 1. The largest absolute Gasteiger partial charge is 0.271 e. The standard InChI is InChI=1S/C23H17ClN4O/c24-20-13-11-17(12-14-20)22-19(16-28(27-22)21-9-5-2-6-10-21)15-25-26-23(29)18-7-3-1-4-8-18/h1-16H,(H,26,29)/b25-15-. The lowest BCUT2D eigenvalue weighted by Gasteiger charge is -2.01.